The van der Waals surface area contributed by atoms with E-state index in [2.05, 4.69) is 0 Å². The van der Waals surface area contributed by atoms with Crippen LogP contribution in [0, 0.1) is 11.8 Å². The Kier molecular flexibility index (Phi) is 7.80. The summed E-state index contributed by atoms with van der Waals surface area (Å²) < 4.78 is 0. The number of Topliss-reactive ketones (excluding diaryl/α,β-unsaturated/α-hetero) is 4. The second kappa shape index (κ2) is 9.85. The first-order valence-corrected chi connectivity index (χ1v) is 9.70. The minimum absolute atomic E-state index is 0.114. The first-order valence-electron chi connectivity index (χ1n) is 9.70. The fraction of sp³-hybridized carbons (Fsp3) is 0.800. The Morgan fingerprint density at radius 3 is 1.46 bits per heavy atom. The molecule has 2 rings (SSSR count). The van der Waals surface area contributed by atoms with Gasteiger partial charge < -0.3 is 0 Å². The van der Waals surface area contributed by atoms with E-state index in [-0.39, 0.29) is 35.0 Å². The molecule has 0 aromatic rings. The molecule has 2 atom stereocenters. The monoisotopic (exact) mass is 334 g/mol. The highest BCUT2D eigenvalue weighted by Crippen LogP contribution is 2.24. The molecule has 0 saturated heterocycles. The van der Waals surface area contributed by atoms with Gasteiger partial charge in [0.05, 0.1) is 11.8 Å². The van der Waals surface area contributed by atoms with Crippen LogP contribution in [0.4, 0.5) is 0 Å². The van der Waals surface area contributed by atoms with Gasteiger partial charge in [-0.25, -0.2) is 0 Å². The normalized spacial score (nSPS) is 24.8. The molecule has 0 heterocycles. The fourth-order valence-corrected chi connectivity index (χ4v) is 3.95. The highest BCUT2D eigenvalue weighted by atomic mass is 16.2. The standard InChI is InChI=1S/C20H30O4/c21-17(15-9-5-7-13-19(15)23)11-3-1-2-4-12-18(22)16-10-6-8-14-20(16)24/h15-16H,1-14H2/t15-,16+. The largest absolute Gasteiger partial charge is 0.299 e. The lowest BCUT2D eigenvalue weighted by atomic mass is 9.83. The Bertz CT molecular complexity index is 436. The topological polar surface area (TPSA) is 68.3 Å². The summed E-state index contributed by atoms with van der Waals surface area (Å²) in [6, 6.07) is 0. The van der Waals surface area contributed by atoms with E-state index in [4.69, 9.17) is 0 Å². The van der Waals surface area contributed by atoms with E-state index in [1.807, 2.05) is 0 Å². The molecule has 0 unspecified atom stereocenters. The lowest BCUT2D eigenvalue weighted by molar-refractivity contribution is -0.136. The van der Waals surface area contributed by atoms with Gasteiger partial charge in [0, 0.05) is 25.7 Å². The number of ketones is 4. The summed E-state index contributed by atoms with van der Waals surface area (Å²) in [6.07, 6.45) is 10.9. The predicted octanol–water partition coefficient (Wildman–Crippen LogP) is 3.98. The van der Waals surface area contributed by atoms with Crippen LogP contribution in [0.1, 0.15) is 89.9 Å². The van der Waals surface area contributed by atoms with E-state index < -0.39 is 0 Å². The Hall–Kier alpha value is -1.32. The first kappa shape index (κ1) is 19.0. The van der Waals surface area contributed by atoms with Crippen molar-refractivity contribution >= 4 is 23.1 Å². The molecule has 2 fully saturated rings. The van der Waals surface area contributed by atoms with E-state index in [0.29, 0.717) is 25.7 Å². The second-order valence-corrected chi connectivity index (χ2v) is 7.38. The van der Waals surface area contributed by atoms with Gasteiger partial charge in [0.15, 0.2) is 0 Å². The van der Waals surface area contributed by atoms with E-state index in [1.165, 1.54) is 0 Å². The summed E-state index contributed by atoms with van der Waals surface area (Å²) in [6.45, 7) is 0. The van der Waals surface area contributed by atoms with Crippen LogP contribution in [-0.2, 0) is 19.2 Å². The van der Waals surface area contributed by atoms with Crippen LogP contribution < -0.4 is 0 Å². The van der Waals surface area contributed by atoms with Crippen LogP contribution in [0.2, 0.25) is 0 Å². The summed E-state index contributed by atoms with van der Waals surface area (Å²) in [5.74, 6) is -0.176. The van der Waals surface area contributed by atoms with Crippen LogP contribution in [0.25, 0.3) is 0 Å². The van der Waals surface area contributed by atoms with E-state index in [9.17, 15) is 19.2 Å². The number of carbonyl (C=O) groups excluding carboxylic acids is 4. The van der Waals surface area contributed by atoms with Crippen molar-refractivity contribution in [3.05, 3.63) is 0 Å². The van der Waals surface area contributed by atoms with Gasteiger partial charge in [-0.15, -0.1) is 0 Å². The van der Waals surface area contributed by atoms with Crippen LogP contribution in [-0.4, -0.2) is 23.1 Å². The number of unbranched alkanes of at least 4 members (excludes halogenated alkanes) is 3. The molecule has 0 aromatic carbocycles. The molecule has 0 aliphatic heterocycles. The Balaban J connectivity index is 1.55. The van der Waals surface area contributed by atoms with E-state index in [1.54, 1.807) is 0 Å². The molecule has 2 saturated carbocycles. The van der Waals surface area contributed by atoms with Gasteiger partial charge in [0.1, 0.15) is 23.1 Å². The molecule has 4 heteroatoms. The maximum atomic E-state index is 12.1. The van der Waals surface area contributed by atoms with Crippen molar-refractivity contribution in [1.82, 2.24) is 0 Å². The number of rotatable bonds is 9. The third-order valence-electron chi connectivity index (χ3n) is 5.48. The lowest BCUT2D eigenvalue weighted by Gasteiger charge is -2.19. The van der Waals surface area contributed by atoms with Gasteiger partial charge in [0.2, 0.25) is 0 Å². The minimum atomic E-state index is -0.336. The van der Waals surface area contributed by atoms with Crippen LogP contribution in [0.5, 0.6) is 0 Å². The van der Waals surface area contributed by atoms with Gasteiger partial charge in [-0.3, -0.25) is 19.2 Å². The van der Waals surface area contributed by atoms with Crippen LogP contribution in [0.15, 0.2) is 0 Å². The average molecular weight is 334 g/mol. The Labute approximate surface area is 144 Å². The van der Waals surface area contributed by atoms with Crippen molar-refractivity contribution in [3.63, 3.8) is 0 Å². The van der Waals surface area contributed by atoms with Crippen molar-refractivity contribution in [2.24, 2.45) is 11.8 Å². The van der Waals surface area contributed by atoms with Crippen LogP contribution in [0.3, 0.4) is 0 Å². The number of hydrogen-bond donors (Lipinski definition) is 0. The smallest absolute Gasteiger partial charge is 0.143 e. The molecular weight excluding hydrogens is 304 g/mol. The highest BCUT2D eigenvalue weighted by molar-refractivity contribution is 6.03. The number of hydrogen-bond acceptors (Lipinski definition) is 4. The predicted molar refractivity (Wildman–Crippen MR) is 91.6 cm³/mol. The van der Waals surface area contributed by atoms with Gasteiger partial charge in [-0.1, -0.05) is 25.7 Å². The van der Waals surface area contributed by atoms with Crippen molar-refractivity contribution < 1.29 is 19.2 Å². The van der Waals surface area contributed by atoms with Crippen molar-refractivity contribution in [1.29, 1.82) is 0 Å². The molecule has 134 valence electrons. The molecule has 0 bridgehead atoms. The third kappa shape index (κ3) is 5.64. The SMILES string of the molecule is O=C(CCCCCCC(=O)[C@@H]1CCCCC1=O)[C@H]1CCCCC1=O. The molecular formula is C20H30O4. The van der Waals surface area contributed by atoms with Gasteiger partial charge in [-0.2, -0.15) is 0 Å². The minimum Gasteiger partial charge on any atom is -0.299 e. The van der Waals surface area contributed by atoms with E-state index >= 15 is 0 Å². The molecule has 0 spiro atoms. The zero-order valence-corrected chi connectivity index (χ0v) is 14.7. The van der Waals surface area contributed by atoms with Crippen molar-refractivity contribution in [2.45, 2.75) is 89.9 Å². The summed E-state index contributed by atoms with van der Waals surface area (Å²) in [5, 5.41) is 0. The molecule has 0 aromatic heterocycles. The lowest BCUT2D eigenvalue weighted by Crippen LogP contribution is -2.27. The second-order valence-electron chi connectivity index (χ2n) is 7.38. The molecule has 0 radical (unpaired) electrons. The zero-order chi connectivity index (χ0) is 17.4. The Morgan fingerprint density at radius 1 is 0.667 bits per heavy atom. The summed E-state index contributed by atoms with van der Waals surface area (Å²) in [5.41, 5.74) is 0. The molecule has 2 aliphatic rings. The van der Waals surface area contributed by atoms with Crippen molar-refractivity contribution in [2.75, 3.05) is 0 Å². The Morgan fingerprint density at radius 2 is 1.08 bits per heavy atom. The van der Waals surface area contributed by atoms with Gasteiger partial charge >= 0.3 is 0 Å². The molecule has 0 amide bonds. The maximum Gasteiger partial charge on any atom is 0.143 e. The average Bonchev–Trinajstić information content (AvgIpc) is 2.58. The van der Waals surface area contributed by atoms with Gasteiger partial charge in [0.25, 0.3) is 0 Å². The maximum absolute atomic E-state index is 12.1. The summed E-state index contributed by atoms with van der Waals surface area (Å²) >= 11 is 0. The highest BCUT2D eigenvalue weighted by Gasteiger charge is 2.29. The summed E-state index contributed by atoms with van der Waals surface area (Å²) in [4.78, 5) is 47.6. The molecule has 24 heavy (non-hydrogen) atoms. The molecule has 2 aliphatic carbocycles. The first-order chi connectivity index (χ1) is 11.6. The molecule has 4 nitrogen and oxygen atoms in total. The summed E-state index contributed by atoms with van der Waals surface area (Å²) in [7, 11) is 0. The van der Waals surface area contributed by atoms with Crippen molar-refractivity contribution in [3.8, 4) is 0 Å². The van der Waals surface area contributed by atoms with Gasteiger partial charge in [-0.05, 0) is 38.5 Å². The quantitative estimate of drug-likeness (QED) is 0.472. The fourth-order valence-electron chi connectivity index (χ4n) is 3.95. The third-order valence-corrected chi connectivity index (χ3v) is 5.48. The van der Waals surface area contributed by atoms with Crippen LogP contribution >= 0.6 is 0 Å². The zero-order valence-electron chi connectivity index (χ0n) is 14.7. The molecule has 0 N–H and O–H groups in total. The number of carbonyl (C=O) groups is 4. The van der Waals surface area contributed by atoms with E-state index in [0.717, 1.165) is 64.2 Å².